The highest BCUT2D eigenvalue weighted by molar-refractivity contribution is 6.30. The van der Waals surface area contributed by atoms with E-state index in [1.54, 1.807) is 31.4 Å². The van der Waals surface area contributed by atoms with E-state index >= 15 is 0 Å². The molecule has 1 heterocycles. The van der Waals surface area contributed by atoms with Crippen molar-refractivity contribution in [2.45, 2.75) is 13.0 Å². The highest BCUT2D eigenvalue weighted by Crippen LogP contribution is 2.20. The number of halogens is 1. The largest absolute Gasteiger partial charge is 0.497 e. The number of para-hydroxylation sites is 2. The minimum Gasteiger partial charge on any atom is -0.497 e. The zero-order valence-corrected chi connectivity index (χ0v) is 18.5. The molecule has 0 aliphatic heterocycles. The number of carbonyl (C=O) groups is 1. The second-order valence-corrected chi connectivity index (χ2v) is 7.65. The van der Waals surface area contributed by atoms with E-state index < -0.39 is 0 Å². The zero-order chi connectivity index (χ0) is 22.3. The second-order valence-electron chi connectivity index (χ2n) is 7.21. The number of imidazole rings is 1. The highest BCUT2D eigenvalue weighted by Gasteiger charge is 2.12. The van der Waals surface area contributed by atoms with Crippen molar-refractivity contribution in [3.63, 3.8) is 0 Å². The minimum atomic E-state index is -0.134. The van der Waals surface area contributed by atoms with Gasteiger partial charge in [0.05, 0.1) is 24.7 Å². The number of hydrogen-bond donors (Lipinski definition) is 1. The van der Waals surface area contributed by atoms with Crippen molar-refractivity contribution in [1.82, 2.24) is 14.9 Å². The molecule has 4 aromatic rings. The van der Waals surface area contributed by atoms with E-state index in [1.165, 1.54) is 0 Å². The van der Waals surface area contributed by atoms with Crippen LogP contribution in [0.15, 0.2) is 72.8 Å². The third-order valence-corrected chi connectivity index (χ3v) is 5.35. The van der Waals surface area contributed by atoms with Gasteiger partial charge in [-0.05, 0) is 48.5 Å². The van der Waals surface area contributed by atoms with Crippen LogP contribution in [0.25, 0.3) is 11.0 Å². The first-order valence-corrected chi connectivity index (χ1v) is 10.8. The van der Waals surface area contributed by atoms with Gasteiger partial charge in [0.2, 0.25) is 0 Å². The SMILES string of the molecule is COc1cccc(OCCn2c(CCNC(=O)c3ccc(Cl)cc3)nc3ccccc32)c1. The Morgan fingerprint density at radius 3 is 2.62 bits per heavy atom. The molecule has 0 aliphatic rings. The fourth-order valence-corrected chi connectivity index (χ4v) is 3.63. The Morgan fingerprint density at radius 2 is 1.81 bits per heavy atom. The quantitative estimate of drug-likeness (QED) is 0.400. The summed E-state index contributed by atoms with van der Waals surface area (Å²) in [4.78, 5) is 17.1. The zero-order valence-electron chi connectivity index (χ0n) is 17.8. The smallest absolute Gasteiger partial charge is 0.251 e. The van der Waals surface area contributed by atoms with Gasteiger partial charge < -0.3 is 19.4 Å². The van der Waals surface area contributed by atoms with Crippen LogP contribution in [0.3, 0.4) is 0 Å². The molecular weight excluding hydrogens is 426 g/mol. The lowest BCUT2D eigenvalue weighted by molar-refractivity contribution is 0.0954. The van der Waals surface area contributed by atoms with Crippen LogP contribution >= 0.6 is 11.6 Å². The molecule has 0 fully saturated rings. The highest BCUT2D eigenvalue weighted by atomic mass is 35.5. The van der Waals surface area contributed by atoms with Crippen LogP contribution in [0.1, 0.15) is 16.2 Å². The summed E-state index contributed by atoms with van der Waals surface area (Å²) >= 11 is 5.89. The van der Waals surface area contributed by atoms with E-state index in [1.807, 2.05) is 48.5 Å². The number of aromatic nitrogens is 2. The monoisotopic (exact) mass is 449 g/mol. The Bertz CT molecular complexity index is 1200. The summed E-state index contributed by atoms with van der Waals surface area (Å²) < 4.78 is 13.3. The van der Waals surface area contributed by atoms with E-state index in [0.717, 1.165) is 28.4 Å². The lowest BCUT2D eigenvalue weighted by Gasteiger charge is -2.12. The number of ether oxygens (including phenoxy) is 2. The molecule has 0 atom stereocenters. The molecule has 7 heteroatoms. The number of nitrogens with zero attached hydrogens (tertiary/aromatic N) is 2. The molecule has 0 unspecified atom stereocenters. The van der Waals surface area contributed by atoms with Crippen molar-refractivity contribution in [3.8, 4) is 11.5 Å². The van der Waals surface area contributed by atoms with Gasteiger partial charge in [-0.2, -0.15) is 0 Å². The summed E-state index contributed by atoms with van der Waals surface area (Å²) in [6.45, 7) is 1.59. The van der Waals surface area contributed by atoms with Crippen LogP contribution in [-0.2, 0) is 13.0 Å². The summed E-state index contributed by atoms with van der Waals surface area (Å²) in [7, 11) is 1.63. The van der Waals surface area contributed by atoms with Crippen molar-refractivity contribution >= 4 is 28.5 Å². The minimum absolute atomic E-state index is 0.134. The Hall–Kier alpha value is -3.51. The van der Waals surface area contributed by atoms with Gasteiger partial charge in [-0.15, -0.1) is 0 Å². The van der Waals surface area contributed by atoms with Gasteiger partial charge in [0.15, 0.2) is 0 Å². The molecule has 1 N–H and O–H groups in total. The van der Waals surface area contributed by atoms with Crippen LogP contribution in [0, 0.1) is 0 Å². The van der Waals surface area contributed by atoms with E-state index in [9.17, 15) is 4.79 Å². The first-order valence-electron chi connectivity index (χ1n) is 10.4. The topological polar surface area (TPSA) is 65.4 Å². The third kappa shape index (κ3) is 5.21. The molecule has 6 nitrogen and oxygen atoms in total. The van der Waals surface area contributed by atoms with Gasteiger partial charge in [0.1, 0.15) is 23.9 Å². The number of amides is 1. The number of rotatable bonds is 9. The number of nitrogens with one attached hydrogen (secondary N) is 1. The van der Waals surface area contributed by atoms with Crippen LogP contribution in [-0.4, -0.2) is 35.7 Å². The molecule has 0 spiro atoms. The summed E-state index contributed by atoms with van der Waals surface area (Å²) in [6.07, 6.45) is 0.604. The van der Waals surface area contributed by atoms with Crippen LogP contribution < -0.4 is 14.8 Å². The lowest BCUT2D eigenvalue weighted by atomic mass is 10.2. The van der Waals surface area contributed by atoms with Gasteiger partial charge in [-0.3, -0.25) is 4.79 Å². The van der Waals surface area contributed by atoms with Crippen molar-refractivity contribution in [1.29, 1.82) is 0 Å². The normalized spacial score (nSPS) is 10.8. The van der Waals surface area contributed by atoms with Crippen molar-refractivity contribution in [2.24, 2.45) is 0 Å². The van der Waals surface area contributed by atoms with E-state index in [0.29, 0.717) is 36.7 Å². The molecular formula is C25H24ClN3O3. The molecule has 0 saturated heterocycles. The second kappa shape index (κ2) is 10.2. The number of benzene rings is 3. The molecule has 0 radical (unpaired) electrons. The Kier molecular flexibility index (Phi) is 6.92. The predicted molar refractivity (Wildman–Crippen MR) is 126 cm³/mol. The molecule has 3 aromatic carbocycles. The van der Waals surface area contributed by atoms with E-state index in [-0.39, 0.29) is 5.91 Å². The summed E-state index contributed by atoms with van der Waals surface area (Å²) in [6, 6.07) is 22.4. The van der Waals surface area contributed by atoms with Gasteiger partial charge in [-0.25, -0.2) is 4.98 Å². The first kappa shape index (κ1) is 21.7. The maximum Gasteiger partial charge on any atom is 0.251 e. The molecule has 0 aliphatic carbocycles. The van der Waals surface area contributed by atoms with Crippen LogP contribution in [0.4, 0.5) is 0 Å². The van der Waals surface area contributed by atoms with E-state index in [4.69, 9.17) is 26.1 Å². The van der Waals surface area contributed by atoms with Gasteiger partial charge in [0.25, 0.3) is 5.91 Å². The van der Waals surface area contributed by atoms with Gasteiger partial charge in [-0.1, -0.05) is 29.8 Å². The molecule has 0 bridgehead atoms. The third-order valence-electron chi connectivity index (χ3n) is 5.10. The maximum absolute atomic E-state index is 12.4. The fourth-order valence-electron chi connectivity index (χ4n) is 3.50. The van der Waals surface area contributed by atoms with Crippen molar-refractivity contribution in [2.75, 3.05) is 20.3 Å². The molecule has 1 aromatic heterocycles. The maximum atomic E-state index is 12.4. The average molecular weight is 450 g/mol. The van der Waals surface area contributed by atoms with Gasteiger partial charge >= 0.3 is 0 Å². The van der Waals surface area contributed by atoms with E-state index in [2.05, 4.69) is 9.88 Å². The Labute approximate surface area is 191 Å². The van der Waals surface area contributed by atoms with Crippen LogP contribution in [0.5, 0.6) is 11.5 Å². The Morgan fingerprint density at radius 1 is 1.03 bits per heavy atom. The Balaban J connectivity index is 1.41. The number of carbonyl (C=O) groups excluding carboxylic acids is 1. The average Bonchev–Trinajstić information content (AvgIpc) is 3.17. The fraction of sp³-hybridized carbons (Fsp3) is 0.200. The molecule has 164 valence electrons. The number of hydrogen-bond acceptors (Lipinski definition) is 4. The molecule has 32 heavy (non-hydrogen) atoms. The predicted octanol–water partition coefficient (Wildman–Crippen LogP) is 4.75. The molecule has 1 amide bonds. The molecule has 0 saturated carbocycles. The van der Waals surface area contributed by atoms with Gasteiger partial charge in [0, 0.05) is 29.6 Å². The summed E-state index contributed by atoms with van der Waals surface area (Å²) in [5.74, 6) is 2.28. The summed E-state index contributed by atoms with van der Waals surface area (Å²) in [5, 5.41) is 3.56. The molecule has 4 rings (SSSR count). The number of methoxy groups -OCH3 is 1. The van der Waals surface area contributed by atoms with Crippen LogP contribution in [0.2, 0.25) is 5.02 Å². The standard InChI is InChI=1S/C25H24ClN3O3/c1-31-20-5-4-6-21(17-20)32-16-15-29-23-8-3-2-7-22(23)28-24(29)13-14-27-25(30)18-9-11-19(26)12-10-18/h2-12,17H,13-16H2,1H3,(H,27,30). The summed E-state index contributed by atoms with van der Waals surface area (Å²) in [5.41, 5.74) is 2.54. The lowest BCUT2D eigenvalue weighted by Crippen LogP contribution is -2.26. The number of fused-ring (bicyclic) bond motifs is 1. The first-order chi connectivity index (χ1) is 15.6. The van der Waals surface area contributed by atoms with Crippen molar-refractivity contribution in [3.05, 3.63) is 89.2 Å². The van der Waals surface area contributed by atoms with Crippen molar-refractivity contribution < 1.29 is 14.3 Å².